The Kier molecular flexibility index (Phi) is 4.93. The first-order valence-electron chi connectivity index (χ1n) is 6.54. The van der Waals surface area contributed by atoms with Gasteiger partial charge in [0.1, 0.15) is 5.82 Å². The highest BCUT2D eigenvalue weighted by Crippen LogP contribution is 2.18. The molecule has 5 heteroatoms. The van der Waals surface area contributed by atoms with Crippen LogP contribution in [0.25, 0.3) is 0 Å². The molecule has 1 heterocycles. The zero-order chi connectivity index (χ0) is 14.5. The lowest BCUT2D eigenvalue weighted by molar-refractivity contribution is 0.298. The normalized spacial score (nSPS) is 12.3. The molecule has 106 valence electrons. The van der Waals surface area contributed by atoms with Crippen molar-refractivity contribution in [3.05, 3.63) is 62.8 Å². The summed E-state index contributed by atoms with van der Waals surface area (Å²) in [5.74, 6) is 0.735. The number of nitrogens with one attached hydrogen (secondary N) is 1. The van der Waals surface area contributed by atoms with E-state index in [1.807, 2.05) is 31.2 Å². The Bertz CT molecular complexity index is 623. The van der Waals surface area contributed by atoms with Crippen LogP contribution in [0.2, 0.25) is 5.02 Å². The van der Waals surface area contributed by atoms with Crippen molar-refractivity contribution in [3.63, 3.8) is 0 Å². The van der Waals surface area contributed by atoms with Gasteiger partial charge in [0.25, 0.3) is 5.56 Å². The monoisotopic (exact) mass is 292 g/mol. The average Bonchev–Trinajstić information content (AvgIpc) is 2.41. The van der Waals surface area contributed by atoms with Crippen LogP contribution in [0.5, 0.6) is 0 Å². The molecule has 0 aliphatic carbocycles. The second-order valence-corrected chi connectivity index (χ2v) is 5.26. The molecule has 1 aromatic heterocycles. The number of hydrogen-bond acceptors (Lipinski definition) is 3. The Morgan fingerprint density at radius 1 is 1.35 bits per heavy atom. The van der Waals surface area contributed by atoms with Gasteiger partial charge in [-0.25, -0.2) is 4.98 Å². The van der Waals surface area contributed by atoms with Gasteiger partial charge < -0.3 is 10.1 Å². The van der Waals surface area contributed by atoms with E-state index in [-0.39, 0.29) is 18.1 Å². The highest BCUT2D eigenvalue weighted by Gasteiger charge is 2.11. The molecule has 0 unspecified atom stereocenters. The maximum atomic E-state index is 11.6. The first kappa shape index (κ1) is 14.8. The van der Waals surface area contributed by atoms with Crippen LogP contribution in [0.3, 0.4) is 0 Å². The maximum absolute atomic E-state index is 11.6. The molecule has 0 aliphatic heterocycles. The highest BCUT2D eigenvalue weighted by molar-refractivity contribution is 6.30. The molecule has 2 aromatic rings. The molecular formula is C15H17ClN2O2. The van der Waals surface area contributed by atoms with Crippen molar-refractivity contribution >= 4 is 11.6 Å². The SMILES string of the molecule is C[C@@H](Cc1ccc(Cl)cc1)c1nc(CCO)cc(=O)[nH]1. The Morgan fingerprint density at radius 3 is 2.70 bits per heavy atom. The van der Waals surface area contributed by atoms with Gasteiger partial charge in [-0.1, -0.05) is 30.7 Å². The number of H-pyrrole nitrogens is 1. The Morgan fingerprint density at radius 2 is 2.05 bits per heavy atom. The molecule has 0 amide bonds. The van der Waals surface area contributed by atoms with E-state index in [0.29, 0.717) is 23.0 Å². The smallest absolute Gasteiger partial charge is 0.251 e. The Balaban J connectivity index is 2.17. The predicted octanol–water partition coefficient (Wildman–Crippen LogP) is 2.30. The van der Waals surface area contributed by atoms with E-state index < -0.39 is 0 Å². The molecule has 4 nitrogen and oxygen atoms in total. The van der Waals surface area contributed by atoms with Gasteiger partial charge >= 0.3 is 0 Å². The number of aliphatic hydroxyl groups is 1. The van der Waals surface area contributed by atoms with E-state index in [9.17, 15) is 4.79 Å². The lowest BCUT2D eigenvalue weighted by atomic mass is 10.0. The second kappa shape index (κ2) is 6.68. The van der Waals surface area contributed by atoms with Crippen molar-refractivity contribution in [3.8, 4) is 0 Å². The van der Waals surface area contributed by atoms with Crippen LogP contribution in [0.15, 0.2) is 35.1 Å². The fraction of sp³-hybridized carbons (Fsp3) is 0.333. The lowest BCUT2D eigenvalue weighted by Crippen LogP contribution is -2.16. The fourth-order valence-corrected chi connectivity index (χ4v) is 2.20. The fourth-order valence-electron chi connectivity index (χ4n) is 2.08. The minimum absolute atomic E-state index is 0.0124. The van der Waals surface area contributed by atoms with Gasteiger partial charge in [-0.3, -0.25) is 4.79 Å². The molecule has 20 heavy (non-hydrogen) atoms. The van der Waals surface area contributed by atoms with Crippen LogP contribution in [-0.2, 0) is 12.8 Å². The third-order valence-corrected chi connectivity index (χ3v) is 3.35. The molecule has 0 radical (unpaired) electrons. The van der Waals surface area contributed by atoms with E-state index in [2.05, 4.69) is 9.97 Å². The van der Waals surface area contributed by atoms with Gasteiger partial charge in [-0.15, -0.1) is 0 Å². The summed E-state index contributed by atoms with van der Waals surface area (Å²) in [5, 5.41) is 9.64. The van der Waals surface area contributed by atoms with Crippen molar-refractivity contribution < 1.29 is 5.11 Å². The molecule has 0 bridgehead atoms. The number of aromatic nitrogens is 2. The highest BCUT2D eigenvalue weighted by atomic mass is 35.5. The van der Waals surface area contributed by atoms with Gasteiger partial charge in [0.05, 0.1) is 5.69 Å². The summed E-state index contributed by atoms with van der Waals surface area (Å²) < 4.78 is 0. The summed E-state index contributed by atoms with van der Waals surface area (Å²) in [7, 11) is 0. The minimum atomic E-state index is -0.179. The Hall–Kier alpha value is -1.65. The number of nitrogens with zero attached hydrogens (tertiary/aromatic N) is 1. The molecule has 2 rings (SSSR count). The van der Waals surface area contributed by atoms with Crippen LogP contribution in [0.4, 0.5) is 0 Å². The first-order chi connectivity index (χ1) is 9.58. The van der Waals surface area contributed by atoms with E-state index in [1.54, 1.807) is 0 Å². The third kappa shape index (κ3) is 3.92. The summed E-state index contributed by atoms with van der Waals surface area (Å²) in [6, 6.07) is 9.06. The maximum Gasteiger partial charge on any atom is 0.251 e. The second-order valence-electron chi connectivity index (χ2n) is 4.83. The van der Waals surface area contributed by atoms with Gasteiger partial charge in [0, 0.05) is 30.0 Å². The summed E-state index contributed by atoms with van der Waals surface area (Å²) in [5.41, 5.74) is 1.58. The van der Waals surface area contributed by atoms with E-state index in [0.717, 1.165) is 12.0 Å². The van der Waals surface area contributed by atoms with Gasteiger partial charge in [-0.2, -0.15) is 0 Å². The molecule has 1 aromatic carbocycles. The molecule has 0 saturated heterocycles. The average molecular weight is 293 g/mol. The minimum Gasteiger partial charge on any atom is -0.396 e. The molecule has 0 fully saturated rings. The third-order valence-electron chi connectivity index (χ3n) is 3.10. The van der Waals surface area contributed by atoms with Crippen molar-refractivity contribution in [1.82, 2.24) is 9.97 Å². The predicted molar refractivity (Wildman–Crippen MR) is 79.2 cm³/mol. The zero-order valence-corrected chi connectivity index (χ0v) is 12.0. The van der Waals surface area contributed by atoms with Crippen molar-refractivity contribution in [2.75, 3.05) is 6.61 Å². The van der Waals surface area contributed by atoms with E-state index in [4.69, 9.17) is 16.7 Å². The number of benzene rings is 1. The topological polar surface area (TPSA) is 66.0 Å². The molecule has 1 atom stereocenters. The molecule has 2 N–H and O–H groups in total. The quantitative estimate of drug-likeness (QED) is 0.889. The number of rotatable bonds is 5. The standard InChI is InChI=1S/C15H17ClN2O2/c1-10(8-11-2-4-12(16)5-3-11)15-17-13(6-7-19)9-14(20)18-15/h2-5,9-10,19H,6-8H2,1H3,(H,17,18,20)/t10-/m0/s1. The van der Waals surface area contributed by atoms with Crippen LogP contribution in [-0.4, -0.2) is 21.7 Å². The lowest BCUT2D eigenvalue weighted by Gasteiger charge is -2.12. The molecule has 0 spiro atoms. The Labute approximate surface area is 122 Å². The van der Waals surface area contributed by atoms with Crippen molar-refractivity contribution in [1.29, 1.82) is 0 Å². The number of aliphatic hydroxyl groups excluding tert-OH is 1. The van der Waals surface area contributed by atoms with Crippen LogP contribution >= 0.6 is 11.6 Å². The summed E-state index contributed by atoms with van der Waals surface area (Å²) >= 11 is 5.86. The van der Waals surface area contributed by atoms with Gasteiger partial charge in [0.2, 0.25) is 0 Å². The summed E-state index contributed by atoms with van der Waals surface area (Å²) in [6.45, 7) is 2.00. The van der Waals surface area contributed by atoms with Crippen LogP contribution in [0, 0.1) is 0 Å². The van der Waals surface area contributed by atoms with E-state index >= 15 is 0 Å². The number of halogens is 1. The van der Waals surface area contributed by atoms with Gasteiger partial charge in [0.15, 0.2) is 0 Å². The number of hydrogen-bond donors (Lipinski definition) is 2. The first-order valence-corrected chi connectivity index (χ1v) is 6.91. The van der Waals surface area contributed by atoms with Gasteiger partial charge in [-0.05, 0) is 24.1 Å². The molecular weight excluding hydrogens is 276 g/mol. The largest absolute Gasteiger partial charge is 0.396 e. The van der Waals surface area contributed by atoms with E-state index in [1.165, 1.54) is 6.07 Å². The summed E-state index contributed by atoms with van der Waals surface area (Å²) in [6.07, 6.45) is 1.16. The van der Waals surface area contributed by atoms with Crippen LogP contribution < -0.4 is 5.56 Å². The van der Waals surface area contributed by atoms with Crippen molar-refractivity contribution in [2.45, 2.75) is 25.7 Å². The molecule has 0 saturated carbocycles. The molecule has 0 aliphatic rings. The van der Waals surface area contributed by atoms with Crippen molar-refractivity contribution in [2.24, 2.45) is 0 Å². The van der Waals surface area contributed by atoms with Crippen LogP contribution in [0.1, 0.15) is 29.9 Å². The number of aromatic amines is 1. The zero-order valence-electron chi connectivity index (χ0n) is 11.3. The summed E-state index contributed by atoms with van der Waals surface area (Å²) in [4.78, 5) is 18.8.